The Labute approximate surface area is 151 Å². The molecule has 0 bridgehead atoms. The van der Waals surface area contributed by atoms with E-state index in [-0.39, 0.29) is 17.9 Å². The summed E-state index contributed by atoms with van der Waals surface area (Å²) in [5.41, 5.74) is 9.74. The van der Waals surface area contributed by atoms with E-state index in [1.54, 1.807) is 17.3 Å². The maximum Gasteiger partial charge on any atom is 0.253 e. The molecule has 1 aromatic carbocycles. The minimum Gasteiger partial charge on any atom is -0.340 e. The summed E-state index contributed by atoms with van der Waals surface area (Å²) in [6.07, 6.45) is 6.86. The molecule has 2 N–H and O–H groups in total. The van der Waals surface area contributed by atoms with Gasteiger partial charge in [0.25, 0.3) is 5.91 Å². The highest BCUT2D eigenvalue weighted by atomic mass is 16.2. The first-order valence-corrected chi connectivity index (χ1v) is 8.51. The van der Waals surface area contributed by atoms with E-state index in [2.05, 4.69) is 15.1 Å². The number of carbonyl (C=O) groups is 1. The molecule has 1 aliphatic rings. The van der Waals surface area contributed by atoms with Crippen molar-refractivity contribution < 1.29 is 4.79 Å². The molecule has 0 aliphatic carbocycles. The Morgan fingerprint density at radius 1 is 1.27 bits per heavy atom. The maximum atomic E-state index is 12.9. The monoisotopic (exact) mass is 351 g/mol. The van der Waals surface area contributed by atoms with Crippen molar-refractivity contribution in [3.05, 3.63) is 60.2 Å². The molecular formula is C18H21N7O. The smallest absolute Gasteiger partial charge is 0.253 e. The number of likely N-dealkylation sites (tertiary alicyclic amines) is 1. The van der Waals surface area contributed by atoms with Gasteiger partial charge in [0.2, 0.25) is 0 Å². The second-order valence-corrected chi connectivity index (χ2v) is 6.79. The van der Waals surface area contributed by atoms with E-state index in [0.29, 0.717) is 18.7 Å². The number of hydrogen-bond donors (Lipinski definition) is 1. The quantitative estimate of drug-likeness (QED) is 0.756. The molecule has 26 heavy (non-hydrogen) atoms. The first-order valence-electron chi connectivity index (χ1n) is 8.51. The van der Waals surface area contributed by atoms with Crippen molar-refractivity contribution in [2.24, 2.45) is 12.8 Å². The Hall–Kier alpha value is -3.00. The van der Waals surface area contributed by atoms with Crippen LogP contribution >= 0.6 is 0 Å². The molecule has 3 aromatic rings. The highest BCUT2D eigenvalue weighted by Crippen LogP contribution is 2.27. The van der Waals surface area contributed by atoms with Crippen LogP contribution in [-0.2, 0) is 7.05 Å². The average Bonchev–Trinajstić information content (AvgIpc) is 3.35. The normalized spacial score (nSPS) is 19.9. The Morgan fingerprint density at radius 3 is 2.77 bits per heavy atom. The Kier molecular flexibility index (Phi) is 4.04. The van der Waals surface area contributed by atoms with Gasteiger partial charge in [-0.15, -0.1) is 0 Å². The fourth-order valence-corrected chi connectivity index (χ4v) is 3.49. The van der Waals surface area contributed by atoms with Gasteiger partial charge in [-0.1, -0.05) is 0 Å². The fourth-order valence-electron chi connectivity index (χ4n) is 3.49. The number of aromatic nitrogens is 5. The number of benzene rings is 1. The number of imidazole rings is 1. The predicted molar refractivity (Wildman–Crippen MR) is 95.9 cm³/mol. The van der Waals surface area contributed by atoms with E-state index in [4.69, 9.17) is 5.73 Å². The highest BCUT2D eigenvalue weighted by molar-refractivity contribution is 5.95. The summed E-state index contributed by atoms with van der Waals surface area (Å²) in [6.45, 7) is 3.07. The standard InChI is InChI=1S/C18H21N7O/c1-12-5-13(3-4-17(12)25-10-20-9-22-25)18(26)24-6-14(15(19)7-24)16-8-23(2)11-21-16/h3-5,8-11,14-15H,6-7,19H2,1-2H3/t14-,15-/m1/s1. The summed E-state index contributed by atoms with van der Waals surface area (Å²) < 4.78 is 3.59. The zero-order valence-corrected chi connectivity index (χ0v) is 14.8. The lowest BCUT2D eigenvalue weighted by molar-refractivity contribution is 0.0789. The van der Waals surface area contributed by atoms with Crippen molar-refractivity contribution in [2.75, 3.05) is 13.1 Å². The zero-order chi connectivity index (χ0) is 18.3. The molecule has 0 spiro atoms. The molecule has 1 fully saturated rings. The van der Waals surface area contributed by atoms with Crippen molar-refractivity contribution >= 4 is 5.91 Å². The summed E-state index contributed by atoms with van der Waals surface area (Å²) in [7, 11) is 1.93. The van der Waals surface area contributed by atoms with Gasteiger partial charge in [0.15, 0.2) is 0 Å². The number of nitrogens with zero attached hydrogens (tertiary/aromatic N) is 6. The maximum absolute atomic E-state index is 12.9. The molecule has 8 nitrogen and oxygen atoms in total. The number of carbonyl (C=O) groups excluding carboxylic acids is 1. The predicted octanol–water partition coefficient (Wildman–Crippen LogP) is 0.876. The second-order valence-electron chi connectivity index (χ2n) is 6.79. The van der Waals surface area contributed by atoms with Crippen LogP contribution in [0, 0.1) is 6.92 Å². The zero-order valence-electron chi connectivity index (χ0n) is 14.8. The third kappa shape index (κ3) is 2.88. The molecule has 134 valence electrons. The molecule has 3 heterocycles. The molecule has 1 aliphatic heterocycles. The van der Waals surface area contributed by atoms with Crippen LogP contribution in [0.4, 0.5) is 0 Å². The molecule has 0 radical (unpaired) electrons. The van der Waals surface area contributed by atoms with Crippen molar-refractivity contribution in [2.45, 2.75) is 18.9 Å². The lowest BCUT2D eigenvalue weighted by Gasteiger charge is -2.17. The molecule has 1 amide bonds. The lowest BCUT2D eigenvalue weighted by Crippen LogP contribution is -2.32. The minimum absolute atomic E-state index is 0.00729. The average molecular weight is 351 g/mol. The fraction of sp³-hybridized carbons (Fsp3) is 0.333. The SMILES string of the molecule is Cc1cc(C(=O)N2C[C@@H](N)[C@H](c3cn(C)cn3)C2)ccc1-n1cncn1. The van der Waals surface area contributed by atoms with Crippen LogP contribution < -0.4 is 5.73 Å². The van der Waals surface area contributed by atoms with Gasteiger partial charge in [0.1, 0.15) is 12.7 Å². The summed E-state index contributed by atoms with van der Waals surface area (Å²) in [6, 6.07) is 5.50. The van der Waals surface area contributed by atoms with Crippen LogP contribution in [0.3, 0.4) is 0 Å². The van der Waals surface area contributed by atoms with Crippen LogP contribution in [0.5, 0.6) is 0 Å². The van der Waals surface area contributed by atoms with E-state index in [9.17, 15) is 4.79 Å². The summed E-state index contributed by atoms with van der Waals surface area (Å²) in [5, 5.41) is 4.14. The molecule has 0 unspecified atom stereocenters. The van der Waals surface area contributed by atoms with Gasteiger partial charge in [-0.3, -0.25) is 4.79 Å². The molecule has 8 heteroatoms. The van der Waals surface area contributed by atoms with Crippen molar-refractivity contribution in [1.82, 2.24) is 29.2 Å². The summed E-state index contributed by atoms with van der Waals surface area (Å²) in [5.74, 6) is 0.0581. The Bertz CT molecular complexity index is 931. The van der Waals surface area contributed by atoms with Crippen LogP contribution in [0.1, 0.15) is 27.5 Å². The molecule has 1 saturated heterocycles. The number of aryl methyl sites for hydroxylation is 2. The third-order valence-electron chi connectivity index (χ3n) is 4.87. The largest absolute Gasteiger partial charge is 0.340 e. The van der Waals surface area contributed by atoms with E-state index in [0.717, 1.165) is 16.9 Å². The van der Waals surface area contributed by atoms with Crippen LogP contribution in [-0.4, -0.2) is 54.3 Å². The molecular weight excluding hydrogens is 330 g/mol. The van der Waals surface area contributed by atoms with E-state index in [1.807, 2.05) is 47.8 Å². The van der Waals surface area contributed by atoms with Gasteiger partial charge in [-0.25, -0.2) is 14.6 Å². The van der Waals surface area contributed by atoms with E-state index < -0.39 is 0 Å². The van der Waals surface area contributed by atoms with Crippen molar-refractivity contribution in [3.8, 4) is 5.69 Å². The first kappa shape index (κ1) is 16.5. The van der Waals surface area contributed by atoms with Crippen molar-refractivity contribution in [1.29, 1.82) is 0 Å². The first-order chi connectivity index (χ1) is 12.5. The molecule has 0 saturated carbocycles. The Morgan fingerprint density at radius 2 is 2.12 bits per heavy atom. The van der Waals surface area contributed by atoms with Crippen molar-refractivity contribution in [3.63, 3.8) is 0 Å². The third-order valence-corrected chi connectivity index (χ3v) is 4.87. The second kappa shape index (κ2) is 6.38. The molecule has 4 rings (SSSR count). The van der Waals surface area contributed by atoms with Gasteiger partial charge >= 0.3 is 0 Å². The van der Waals surface area contributed by atoms with E-state index in [1.165, 1.54) is 6.33 Å². The minimum atomic E-state index is -0.107. The topological polar surface area (TPSA) is 94.9 Å². The number of amides is 1. The van der Waals surface area contributed by atoms with Crippen LogP contribution in [0.15, 0.2) is 43.4 Å². The van der Waals surface area contributed by atoms with Crippen LogP contribution in [0.2, 0.25) is 0 Å². The molecule has 2 aromatic heterocycles. The summed E-state index contributed by atoms with van der Waals surface area (Å²) in [4.78, 5) is 23.1. The molecule has 2 atom stereocenters. The number of hydrogen-bond acceptors (Lipinski definition) is 5. The van der Waals surface area contributed by atoms with E-state index >= 15 is 0 Å². The Balaban J connectivity index is 1.54. The van der Waals surface area contributed by atoms with Gasteiger partial charge in [0.05, 0.1) is 17.7 Å². The van der Waals surface area contributed by atoms with Gasteiger partial charge in [0, 0.05) is 43.9 Å². The highest BCUT2D eigenvalue weighted by Gasteiger charge is 2.35. The van der Waals surface area contributed by atoms with Gasteiger partial charge in [-0.2, -0.15) is 5.10 Å². The number of rotatable bonds is 3. The van der Waals surface area contributed by atoms with Gasteiger partial charge in [-0.05, 0) is 30.7 Å². The lowest BCUT2D eigenvalue weighted by atomic mass is 10.0. The van der Waals surface area contributed by atoms with Crippen LogP contribution in [0.25, 0.3) is 5.69 Å². The number of nitrogens with two attached hydrogens (primary N) is 1. The summed E-state index contributed by atoms with van der Waals surface area (Å²) >= 11 is 0. The van der Waals surface area contributed by atoms with Gasteiger partial charge < -0.3 is 15.2 Å².